The highest BCUT2D eigenvalue weighted by atomic mass is 16.8. The van der Waals surface area contributed by atoms with Gasteiger partial charge in [-0.3, -0.25) is 0 Å². The van der Waals surface area contributed by atoms with E-state index in [4.69, 9.17) is 18.9 Å². The van der Waals surface area contributed by atoms with E-state index in [1.54, 1.807) is 0 Å². The predicted octanol–water partition coefficient (Wildman–Crippen LogP) is 2.44. The van der Waals surface area contributed by atoms with Crippen LogP contribution in [0.3, 0.4) is 0 Å². The van der Waals surface area contributed by atoms with Gasteiger partial charge >= 0.3 is 0 Å². The topological polar surface area (TPSA) is 63.0 Å². The second-order valence-electron chi connectivity index (χ2n) is 7.14. The average Bonchev–Trinajstić information content (AvgIpc) is 2.98. The summed E-state index contributed by atoms with van der Waals surface area (Å²) in [5.41, 5.74) is 0.944. The summed E-state index contributed by atoms with van der Waals surface area (Å²) in [7, 11) is 0. The molecule has 0 unspecified atom stereocenters. The van der Waals surface area contributed by atoms with Crippen LogP contribution in [0.1, 0.15) is 33.3 Å². The molecule has 2 fully saturated rings. The number of hydrogen-bond acceptors (Lipinski definition) is 5. The predicted molar refractivity (Wildman–Crippen MR) is 88.6 cm³/mol. The van der Waals surface area contributed by atoms with Crippen LogP contribution in [-0.4, -0.2) is 47.4 Å². The minimum atomic E-state index is -0.768. The highest BCUT2D eigenvalue weighted by molar-refractivity contribution is 5.59. The van der Waals surface area contributed by atoms with Crippen molar-refractivity contribution < 1.29 is 23.7 Å². The molecule has 3 atom stereocenters. The Labute approximate surface area is 142 Å². The van der Waals surface area contributed by atoms with Gasteiger partial charge in [0.15, 0.2) is 30.4 Å². The fourth-order valence-electron chi connectivity index (χ4n) is 3.08. The molecule has 3 rings (SSSR count). The summed E-state index contributed by atoms with van der Waals surface area (Å²) < 4.78 is 24.3. The minimum Gasteiger partial charge on any atom is -0.624 e. The molecule has 24 heavy (non-hydrogen) atoms. The van der Waals surface area contributed by atoms with Crippen LogP contribution in [-0.2, 0) is 25.5 Å². The lowest BCUT2D eigenvalue weighted by Gasteiger charge is -2.22. The lowest BCUT2D eigenvalue weighted by Crippen LogP contribution is -2.40. The molecule has 6 nitrogen and oxygen atoms in total. The smallest absolute Gasteiger partial charge is 0.183 e. The van der Waals surface area contributed by atoms with E-state index in [1.165, 1.54) is 6.21 Å². The van der Waals surface area contributed by atoms with Crippen molar-refractivity contribution in [2.45, 2.75) is 64.1 Å². The van der Waals surface area contributed by atoms with Gasteiger partial charge in [-0.25, -0.2) is 4.74 Å². The van der Waals surface area contributed by atoms with E-state index in [1.807, 2.05) is 58.0 Å². The molecule has 0 amide bonds. The number of benzene rings is 1. The summed E-state index contributed by atoms with van der Waals surface area (Å²) in [6.45, 7) is 8.08. The number of ether oxygens (including phenoxy) is 4. The molecule has 2 saturated heterocycles. The summed E-state index contributed by atoms with van der Waals surface area (Å²) in [6.07, 6.45) is 0.395. The van der Waals surface area contributed by atoms with Gasteiger partial charge in [0.05, 0.1) is 6.61 Å². The number of rotatable bonds is 4. The standard InChI is InChI=1S/C18H25NO5/c1-17(2)21-12-15(23-17)16-14(22-18(3,4)24-16)11-19(20)10-13-8-6-5-7-9-13/h5-9,11,14-16H,10,12H2,1-4H3/b19-11-/t14-,15-,16+/m0/s1. The van der Waals surface area contributed by atoms with Crippen molar-refractivity contribution in [3.05, 3.63) is 41.1 Å². The van der Waals surface area contributed by atoms with Gasteiger partial charge < -0.3 is 24.2 Å². The largest absolute Gasteiger partial charge is 0.624 e. The number of hydrogen-bond donors (Lipinski definition) is 0. The monoisotopic (exact) mass is 335 g/mol. The molecule has 132 valence electrons. The molecule has 1 aromatic rings. The van der Waals surface area contributed by atoms with Crippen molar-refractivity contribution in [2.75, 3.05) is 6.61 Å². The van der Waals surface area contributed by atoms with Gasteiger partial charge in [-0.05, 0) is 27.7 Å². The Morgan fingerprint density at radius 1 is 1.08 bits per heavy atom. The maximum atomic E-state index is 12.3. The van der Waals surface area contributed by atoms with Crippen molar-refractivity contribution >= 4 is 6.21 Å². The minimum absolute atomic E-state index is 0.265. The van der Waals surface area contributed by atoms with Crippen LogP contribution in [0.5, 0.6) is 0 Å². The molecular weight excluding hydrogens is 310 g/mol. The zero-order chi connectivity index (χ0) is 17.4. The highest BCUT2D eigenvalue weighted by Crippen LogP contribution is 2.34. The maximum absolute atomic E-state index is 12.3. The van der Waals surface area contributed by atoms with Crippen LogP contribution in [0.15, 0.2) is 30.3 Å². The van der Waals surface area contributed by atoms with Crippen molar-refractivity contribution in [1.29, 1.82) is 0 Å². The van der Waals surface area contributed by atoms with Crippen LogP contribution in [0.4, 0.5) is 0 Å². The van der Waals surface area contributed by atoms with Crippen LogP contribution >= 0.6 is 0 Å². The lowest BCUT2D eigenvalue weighted by atomic mass is 10.1. The Balaban J connectivity index is 1.73. The van der Waals surface area contributed by atoms with Crippen LogP contribution < -0.4 is 0 Å². The molecule has 0 aromatic heterocycles. The fraction of sp³-hybridized carbons (Fsp3) is 0.611. The van der Waals surface area contributed by atoms with Crippen molar-refractivity contribution in [1.82, 2.24) is 0 Å². The molecule has 0 bridgehead atoms. The lowest BCUT2D eigenvalue weighted by molar-refractivity contribution is -0.473. The molecule has 2 aliphatic heterocycles. The maximum Gasteiger partial charge on any atom is 0.183 e. The third-order valence-corrected chi connectivity index (χ3v) is 4.05. The molecule has 6 heteroatoms. The zero-order valence-electron chi connectivity index (χ0n) is 14.6. The zero-order valence-corrected chi connectivity index (χ0v) is 14.6. The Bertz CT molecular complexity index is 599. The summed E-state index contributed by atoms with van der Waals surface area (Å²) in [5.74, 6) is -1.41. The van der Waals surface area contributed by atoms with E-state index in [0.717, 1.165) is 10.3 Å². The fourth-order valence-corrected chi connectivity index (χ4v) is 3.08. The molecule has 0 aliphatic carbocycles. The Hall–Kier alpha value is -1.47. The van der Waals surface area contributed by atoms with Crippen molar-refractivity contribution in [3.8, 4) is 0 Å². The molecule has 0 spiro atoms. The van der Waals surface area contributed by atoms with E-state index < -0.39 is 17.7 Å². The number of nitrogens with zero attached hydrogens (tertiary/aromatic N) is 1. The van der Waals surface area contributed by atoms with Gasteiger partial charge in [0.1, 0.15) is 12.2 Å². The summed E-state index contributed by atoms with van der Waals surface area (Å²) in [4.78, 5) is 0. The van der Waals surface area contributed by atoms with Crippen molar-refractivity contribution in [3.63, 3.8) is 0 Å². The first kappa shape index (κ1) is 17.4. The van der Waals surface area contributed by atoms with Gasteiger partial charge in [0, 0.05) is 5.56 Å². The van der Waals surface area contributed by atoms with Gasteiger partial charge in [-0.15, -0.1) is 0 Å². The van der Waals surface area contributed by atoms with Gasteiger partial charge in [-0.2, -0.15) is 0 Å². The van der Waals surface area contributed by atoms with Gasteiger partial charge in [-0.1, -0.05) is 30.3 Å². The molecule has 0 N–H and O–H groups in total. The Kier molecular flexibility index (Phi) is 4.66. The SMILES string of the molecule is CC1(C)O[C@@H]([C@@H]2COC(C)(C)O2)[C@H](/C=[N+](\[O-])Cc2ccccc2)O1. The van der Waals surface area contributed by atoms with E-state index in [0.29, 0.717) is 6.61 Å². The second kappa shape index (κ2) is 6.44. The van der Waals surface area contributed by atoms with E-state index in [9.17, 15) is 5.21 Å². The van der Waals surface area contributed by atoms with Gasteiger partial charge in [0.25, 0.3) is 0 Å². The normalized spacial score (nSPS) is 32.2. The quantitative estimate of drug-likeness (QED) is 0.366. The first-order valence-electron chi connectivity index (χ1n) is 8.24. The summed E-state index contributed by atoms with van der Waals surface area (Å²) in [5, 5.41) is 12.3. The molecule has 2 heterocycles. The van der Waals surface area contributed by atoms with Crippen LogP contribution in [0, 0.1) is 5.21 Å². The van der Waals surface area contributed by atoms with Gasteiger partial charge in [0.2, 0.25) is 0 Å². The third-order valence-electron chi connectivity index (χ3n) is 4.05. The highest BCUT2D eigenvalue weighted by Gasteiger charge is 2.50. The van der Waals surface area contributed by atoms with Crippen LogP contribution in [0.25, 0.3) is 0 Å². The second-order valence-corrected chi connectivity index (χ2v) is 7.14. The first-order valence-corrected chi connectivity index (χ1v) is 8.24. The van der Waals surface area contributed by atoms with E-state index >= 15 is 0 Å². The summed E-state index contributed by atoms with van der Waals surface area (Å²) >= 11 is 0. The van der Waals surface area contributed by atoms with Crippen LogP contribution in [0.2, 0.25) is 0 Å². The Morgan fingerprint density at radius 2 is 1.79 bits per heavy atom. The molecule has 0 radical (unpaired) electrons. The molecule has 1 aromatic carbocycles. The average molecular weight is 335 g/mol. The number of hydroxylamine groups is 1. The Morgan fingerprint density at radius 3 is 2.42 bits per heavy atom. The first-order chi connectivity index (χ1) is 11.2. The third kappa shape index (κ3) is 4.13. The molecule has 2 aliphatic rings. The van der Waals surface area contributed by atoms with E-state index in [-0.39, 0.29) is 18.8 Å². The summed E-state index contributed by atoms with van der Waals surface area (Å²) in [6, 6.07) is 9.59. The molecule has 0 saturated carbocycles. The van der Waals surface area contributed by atoms with Crippen molar-refractivity contribution in [2.24, 2.45) is 0 Å². The van der Waals surface area contributed by atoms with E-state index in [2.05, 4.69) is 0 Å². The molecular formula is C18H25NO5.